The first-order valence-corrected chi connectivity index (χ1v) is 11.8. The topological polar surface area (TPSA) is 104 Å². The maximum atomic E-state index is 13.2. The highest BCUT2D eigenvalue weighted by atomic mass is 16.2. The zero-order valence-corrected chi connectivity index (χ0v) is 19.3. The summed E-state index contributed by atoms with van der Waals surface area (Å²) < 4.78 is 0. The summed E-state index contributed by atoms with van der Waals surface area (Å²) in [7, 11) is 1.77. The molecular weight excluding hydrogens is 442 g/mol. The van der Waals surface area contributed by atoms with Crippen molar-refractivity contribution in [3.05, 3.63) is 88.9 Å². The van der Waals surface area contributed by atoms with Crippen LogP contribution < -0.4 is 10.6 Å². The molecule has 1 spiro atoms. The van der Waals surface area contributed by atoms with Gasteiger partial charge in [-0.05, 0) is 36.1 Å². The number of rotatable bonds is 3. The minimum atomic E-state index is -0.737. The highest BCUT2D eigenvalue weighted by molar-refractivity contribution is 6.06. The third kappa shape index (κ3) is 3.48. The van der Waals surface area contributed by atoms with E-state index in [2.05, 4.69) is 32.7 Å². The number of piperidine rings is 1. The zero-order chi connectivity index (χ0) is 24.2. The van der Waals surface area contributed by atoms with Crippen molar-refractivity contribution in [2.45, 2.75) is 36.6 Å². The van der Waals surface area contributed by atoms with Crippen LogP contribution in [0, 0.1) is 0 Å². The number of hydrogen-bond donors (Lipinski definition) is 2. The first kappa shape index (κ1) is 21.5. The predicted molar refractivity (Wildman–Crippen MR) is 129 cm³/mol. The summed E-state index contributed by atoms with van der Waals surface area (Å²) in [4.78, 5) is 49.4. The van der Waals surface area contributed by atoms with Crippen LogP contribution in [0.2, 0.25) is 0 Å². The smallest absolute Gasteiger partial charge is 0.253 e. The fourth-order valence-electron chi connectivity index (χ4n) is 5.72. The average Bonchev–Trinajstić information content (AvgIpc) is 3.39. The van der Waals surface area contributed by atoms with Gasteiger partial charge in [0.25, 0.3) is 5.91 Å². The van der Waals surface area contributed by atoms with Crippen molar-refractivity contribution >= 4 is 23.5 Å². The lowest BCUT2D eigenvalue weighted by Crippen LogP contribution is -2.53. The number of nitrogens with zero attached hydrogens (tertiary/aromatic N) is 3. The minimum absolute atomic E-state index is 0.0852. The van der Waals surface area contributed by atoms with Crippen LogP contribution in [0.1, 0.15) is 45.1 Å². The lowest BCUT2D eigenvalue weighted by atomic mass is 9.80. The van der Waals surface area contributed by atoms with Crippen LogP contribution in [0.3, 0.4) is 0 Å². The summed E-state index contributed by atoms with van der Waals surface area (Å²) >= 11 is 0. The molecule has 8 nitrogen and oxygen atoms in total. The van der Waals surface area contributed by atoms with Gasteiger partial charge in [0.2, 0.25) is 11.8 Å². The predicted octanol–water partition coefficient (Wildman–Crippen LogP) is 2.21. The molecule has 6 rings (SSSR count). The molecule has 8 heteroatoms. The van der Waals surface area contributed by atoms with Gasteiger partial charge in [0.15, 0.2) is 0 Å². The van der Waals surface area contributed by atoms with E-state index in [-0.39, 0.29) is 23.6 Å². The minimum Gasteiger partial charge on any atom is -0.343 e. The second-order valence-corrected chi connectivity index (χ2v) is 9.71. The summed E-state index contributed by atoms with van der Waals surface area (Å²) in [5.41, 5.74) is 3.36. The molecule has 176 valence electrons. The van der Waals surface area contributed by atoms with Gasteiger partial charge in [0.05, 0.1) is 11.0 Å². The third-order valence-electron chi connectivity index (χ3n) is 7.54. The Kier molecular flexibility index (Phi) is 4.91. The molecule has 4 heterocycles. The Labute approximate surface area is 202 Å². The Bertz CT molecular complexity index is 1360. The van der Waals surface area contributed by atoms with Crippen LogP contribution >= 0.6 is 0 Å². The van der Waals surface area contributed by atoms with E-state index in [1.165, 1.54) is 6.20 Å². The first-order valence-electron chi connectivity index (χ1n) is 11.8. The molecule has 1 aliphatic carbocycles. The third-order valence-corrected chi connectivity index (χ3v) is 7.54. The van der Waals surface area contributed by atoms with E-state index in [1.807, 2.05) is 30.3 Å². The highest BCUT2D eigenvalue weighted by Gasteiger charge is 2.51. The number of likely N-dealkylation sites (tertiary alicyclic amines) is 1. The molecule has 0 saturated carbocycles. The number of amides is 3. The number of likely N-dealkylation sites (N-methyl/N-ethyl adjacent to an activating group) is 1. The molecule has 3 atom stereocenters. The second kappa shape index (κ2) is 8.01. The van der Waals surface area contributed by atoms with Crippen molar-refractivity contribution < 1.29 is 14.4 Å². The van der Waals surface area contributed by atoms with E-state index < -0.39 is 11.5 Å². The van der Waals surface area contributed by atoms with Crippen molar-refractivity contribution in [2.24, 2.45) is 0 Å². The molecule has 0 bridgehead atoms. The van der Waals surface area contributed by atoms with Gasteiger partial charge < -0.3 is 15.5 Å². The Morgan fingerprint density at radius 3 is 2.77 bits per heavy atom. The molecule has 3 aliphatic rings. The molecule has 2 N–H and O–H groups in total. The number of aromatic nitrogens is 2. The van der Waals surface area contributed by atoms with Crippen molar-refractivity contribution in [1.82, 2.24) is 20.2 Å². The number of nitrogens with one attached hydrogen (secondary N) is 2. The molecular formula is C27H25N5O3. The van der Waals surface area contributed by atoms with E-state index in [0.29, 0.717) is 37.2 Å². The number of pyridine rings is 2. The monoisotopic (exact) mass is 467 g/mol. The van der Waals surface area contributed by atoms with Gasteiger partial charge >= 0.3 is 0 Å². The van der Waals surface area contributed by atoms with Gasteiger partial charge in [-0.3, -0.25) is 19.4 Å². The molecule has 2 aromatic heterocycles. The van der Waals surface area contributed by atoms with Gasteiger partial charge in [-0.15, -0.1) is 0 Å². The molecule has 3 amide bonds. The number of anilines is 1. The van der Waals surface area contributed by atoms with Gasteiger partial charge in [-0.2, -0.15) is 0 Å². The summed E-state index contributed by atoms with van der Waals surface area (Å²) in [6.45, 7) is 0.621. The summed E-state index contributed by atoms with van der Waals surface area (Å²) in [6, 6.07) is 15.0. The second-order valence-electron chi connectivity index (χ2n) is 9.71. The van der Waals surface area contributed by atoms with E-state index in [1.54, 1.807) is 24.2 Å². The maximum absolute atomic E-state index is 13.2. The molecule has 0 radical (unpaired) electrons. The molecule has 1 fully saturated rings. The van der Waals surface area contributed by atoms with Crippen molar-refractivity contribution in [1.29, 1.82) is 0 Å². The molecule has 1 saturated heterocycles. The van der Waals surface area contributed by atoms with Crippen LogP contribution in [0.15, 0.2) is 60.9 Å². The van der Waals surface area contributed by atoms with Gasteiger partial charge in [-0.25, -0.2) is 4.98 Å². The Morgan fingerprint density at radius 1 is 1.11 bits per heavy atom. The molecule has 2 aliphatic heterocycles. The maximum Gasteiger partial charge on any atom is 0.253 e. The van der Waals surface area contributed by atoms with E-state index in [9.17, 15) is 14.4 Å². The lowest BCUT2D eigenvalue weighted by molar-refractivity contribution is -0.134. The van der Waals surface area contributed by atoms with Crippen molar-refractivity contribution in [2.75, 3.05) is 18.9 Å². The van der Waals surface area contributed by atoms with Crippen LogP contribution in [0.5, 0.6) is 0 Å². The Hall–Kier alpha value is -4.07. The summed E-state index contributed by atoms with van der Waals surface area (Å²) in [5.74, 6) is 0.232. The largest absolute Gasteiger partial charge is 0.343 e. The highest BCUT2D eigenvalue weighted by Crippen LogP contribution is 2.46. The number of benzene rings is 1. The molecule has 1 aromatic carbocycles. The van der Waals surface area contributed by atoms with E-state index in [4.69, 9.17) is 0 Å². The van der Waals surface area contributed by atoms with Crippen LogP contribution in [-0.4, -0.2) is 52.2 Å². The molecule has 0 unspecified atom stereocenters. The van der Waals surface area contributed by atoms with E-state index in [0.717, 1.165) is 22.4 Å². The van der Waals surface area contributed by atoms with Gasteiger partial charge in [0, 0.05) is 49.6 Å². The number of hydrogen-bond acceptors (Lipinski definition) is 5. The quantitative estimate of drug-likeness (QED) is 0.615. The van der Waals surface area contributed by atoms with Crippen LogP contribution in [-0.2, 0) is 27.8 Å². The standard InChI is InChI=1S/C27H25N5O3/c1-32-15-19(16-6-3-2-4-7-16)11-21(25(32)34)30-24(33)18-10-17-12-27(13-22(17)29-14-18)20-8-5-9-28-23(20)31-26(27)35/h2-10,14,19,21H,11-13,15H2,1H3,(H,30,33)(H,28,31,35)/t19-,21+,27+/m1/s1. The fraction of sp³-hybridized carbons (Fsp3) is 0.296. The van der Waals surface area contributed by atoms with Gasteiger partial charge in [-0.1, -0.05) is 36.4 Å². The number of fused-ring (bicyclic) bond motifs is 3. The van der Waals surface area contributed by atoms with Crippen molar-refractivity contribution in [3.8, 4) is 0 Å². The fourth-order valence-corrected chi connectivity index (χ4v) is 5.72. The number of carbonyl (C=O) groups is 3. The first-order chi connectivity index (χ1) is 16.9. The van der Waals surface area contributed by atoms with Crippen LogP contribution in [0.25, 0.3) is 0 Å². The Balaban J connectivity index is 1.22. The number of carbonyl (C=O) groups excluding carboxylic acids is 3. The zero-order valence-electron chi connectivity index (χ0n) is 19.3. The van der Waals surface area contributed by atoms with Crippen LogP contribution in [0.4, 0.5) is 5.82 Å². The van der Waals surface area contributed by atoms with E-state index >= 15 is 0 Å². The summed E-state index contributed by atoms with van der Waals surface area (Å²) in [6.07, 6.45) is 4.68. The average molecular weight is 468 g/mol. The SMILES string of the molecule is CN1C[C@H](c2ccccc2)C[C@H](NC(=O)c2cnc3c(c2)C[C@@]2(C3)C(=O)Nc3ncccc32)C1=O. The van der Waals surface area contributed by atoms with Crippen molar-refractivity contribution in [3.63, 3.8) is 0 Å². The summed E-state index contributed by atoms with van der Waals surface area (Å²) in [5, 5.41) is 5.82. The molecule has 35 heavy (non-hydrogen) atoms. The van der Waals surface area contributed by atoms with Gasteiger partial charge in [0.1, 0.15) is 11.9 Å². The lowest BCUT2D eigenvalue weighted by Gasteiger charge is -2.35. The normalized spacial score (nSPS) is 24.8. The molecule has 3 aromatic rings. The Morgan fingerprint density at radius 2 is 1.94 bits per heavy atom.